The van der Waals surface area contributed by atoms with Gasteiger partial charge in [-0.15, -0.1) is 11.3 Å². The summed E-state index contributed by atoms with van der Waals surface area (Å²) in [6.07, 6.45) is 2.08. The van der Waals surface area contributed by atoms with E-state index >= 15 is 0 Å². The number of piperidine rings is 1. The predicted octanol–water partition coefficient (Wildman–Crippen LogP) is 3.09. The van der Waals surface area contributed by atoms with E-state index in [0.717, 1.165) is 28.6 Å². The highest BCUT2D eigenvalue weighted by Crippen LogP contribution is 2.31. The molecule has 1 aliphatic heterocycles. The molecule has 1 saturated heterocycles. The van der Waals surface area contributed by atoms with E-state index in [0.29, 0.717) is 12.5 Å². The summed E-state index contributed by atoms with van der Waals surface area (Å²) in [6, 6.07) is 3.98. The molecule has 3 nitrogen and oxygen atoms in total. The van der Waals surface area contributed by atoms with Gasteiger partial charge in [-0.2, -0.15) is 0 Å². The van der Waals surface area contributed by atoms with Crippen molar-refractivity contribution in [2.24, 2.45) is 11.7 Å². The van der Waals surface area contributed by atoms with Crippen LogP contribution in [0.3, 0.4) is 0 Å². The number of likely N-dealkylation sites (tertiary alicyclic amines) is 1. The average Bonchev–Trinajstić information content (AvgIpc) is 2.83. The van der Waals surface area contributed by atoms with E-state index in [1.54, 1.807) is 0 Å². The molecule has 0 bridgehead atoms. The fourth-order valence-corrected chi connectivity index (χ4v) is 3.80. The molecule has 2 heterocycles. The number of thiophene rings is 1. The maximum atomic E-state index is 12.6. The van der Waals surface area contributed by atoms with Gasteiger partial charge in [-0.1, -0.05) is 18.5 Å². The number of nitrogens with two attached hydrogens (primary N) is 1. The van der Waals surface area contributed by atoms with Crippen molar-refractivity contribution >= 4 is 28.8 Å². The Kier molecular flexibility index (Phi) is 4.87. The number of halogens is 1. The predicted molar refractivity (Wildman–Crippen MR) is 80.7 cm³/mol. The second-order valence-corrected chi connectivity index (χ2v) is 7.16. The standard InChI is InChI=1S/C14H21ClN2OS/c1-9-5-6-17(11(7-9)8-16)14(18)10(2)12-3-4-13(15)19-12/h3-4,9-11H,5-8,16H2,1-2H3. The van der Waals surface area contributed by atoms with Gasteiger partial charge in [0.05, 0.1) is 10.3 Å². The van der Waals surface area contributed by atoms with Crippen LogP contribution in [0.4, 0.5) is 0 Å². The number of amides is 1. The zero-order chi connectivity index (χ0) is 14.0. The molecule has 0 aliphatic carbocycles. The van der Waals surface area contributed by atoms with Gasteiger partial charge in [0.2, 0.25) is 5.91 Å². The van der Waals surface area contributed by atoms with E-state index in [9.17, 15) is 4.79 Å². The number of hydrogen-bond donors (Lipinski definition) is 1. The quantitative estimate of drug-likeness (QED) is 0.932. The Labute approximate surface area is 123 Å². The third-order valence-corrected chi connectivity index (χ3v) is 5.34. The monoisotopic (exact) mass is 300 g/mol. The summed E-state index contributed by atoms with van der Waals surface area (Å²) < 4.78 is 0.734. The van der Waals surface area contributed by atoms with Gasteiger partial charge in [0.15, 0.2) is 0 Å². The van der Waals surface area contributed by atoms with Crippen molar-refractivity contribution in [1.82, 2.24) is 4.90 Å². The number of rotatable bonds is 3. The lowest BCUT2D eigenvalue weighted by Crippen LogP contribution is -2.50. The molecule has 3 unspecified atom stereocenters. The molecule has 1 aromatic rings. The van der Waals surface area contributed by atoms with Crippen LogP contribution in [0.5, 0.6) is 0 Å². The molecule has 0 saturated carbocycles. The Morgan fingerprint density at radius 3 is 2.95 bits per heavy atom. The van der Waals surface area contributed by atoms with Crippen molar-refractivity contribution < 1.29 is 4.79 Å². The molecule has 19 heavy (non-hydrogen) atoms. The van der Waals surface area contributed by atoms with Crippen LogP contribution in [-0.4, -0.2) is 29.9 Å². The fraction of sp³-hybridized carbons (Fsp3) is 0.643. The molecule has 1 aromatic heterocycles. The lowest BCUT2D eigenvalue weighted by Gasteiger charge is -2.39. The molecular weight excluding hydrogens is 280 g/mol. The first kappa shape index (κ1) is 14.8. The highest BCUT2D eigenvalue weighted by Gasteiger charge is 2.32. The first-order valence-electron chi connectivity index (χ1n) is 6.78. The van der Waals surface area contributed by atoms with Crippen molar-refractivity contribution in [3.8, 4) is 0 Å². The van der Waals surface area contributed by atoms with Crippen molar-refractivity contribution in [2.45, 2.75) is 38.6 Å². The summed E-state index contributed by atoms with van der Waals surface area (Å²) in [4.78, 5) is 15.6. The van der Waals surface area contributed by atoms with Crippen molar-refractivity contribution in [3.05, 3.63) is 21.3 Å². The lowest BCUT2D eigenvalue weighted by atomic mass is 9.91. The van der Waals surface area contributed by atoms with Gasteiger partial charge < -0.3 is 10.6 Å². The van der Waals surface area contributed by atoms with Crippen LogP contribution in [0.15, 0.2) is 12.1 Å². The molecule has 0 spiro atoms. The van der Waals surface area contributed by atoms with Crippen molar-refractivity contribution in [1.29, 1.82) is 0 Å². The summed E-state index contributed by atoms with van der Waals surface area (Å²) in [6.45, 7) is 5.56. The second kappa shape index (κ2) is 6.25. The highest BCUT2D eigenvalue weighted by atomic mass is 35.5. The Hall–Kier alpha value is -0.580. The summed E-state index contributed by atoms with van der Waals surface area (Å²) >= 11 is 7.43. The number of hydrogen-bond acceptors (Lipinski definition) is 3. The Balaban J connectivity index is 2.09. The molecule has 2 N–H and O–H groups in total. The molecule has 0 radical (unpaired) electrons. The molecule has 5 heteroatoms. The highest BCUT2D eigenvalue weighted by molar-refractivity contribution is 7.16. The van der Waals surface area contributed by atoms with Crippen LogP contribution in [0.2, 0.25) is 4.34 Å². The third kappa shape index (κ3) is 3.30. The summed E-state index contributed by atoms with van der Waals surface area (Å²) in [5.41, 5.74) is 5.82. The maximum Gasteiger partial charge on any atom is 0.230 e. The first-order valence-corrected chi connectivity index (χ1v) is 7.98. The van der Waals surface area contributed by atoms with Crippen LogP contribution in [-0.2, 0) is 4.79 Å². The molecular formula is C14H21ClN2OS. The lowest BCUT2D eigenvalue weighted by molar-refractivity contribution is -0.136. The molecule has 2 rings (SSSR count). The first-order chi connectivity index (χ1) is 9.02. The summed E-state index contributed by atoms with van der Waals surface area (Å²) in [5.74, 6) is 0.713. The van der Waals surface area contributed by atoms with Crippen LogP contribution in [0.1, 0.15) is 37.5 Å². The van der Waals surface area contributed by atoms with Crippen molar-refractivity contribution in [2.75, 3.05) is 13.1 Å². The van der Waals surface area contributed by atoms with E-state index in [4.69, 9.17) is 17.3 Å². The largest absolute Gasteiger partial charge is 0.338 e. The van der Waals surface area contributed by atoms with Crippen LogP contribution >= 0.6 is 22.9 Å². The topological polar surface area (TPSA) is 46.3 Å². The molecule has 3 atom stereocenters. The molecule has 1 fully saturated rings. The van der Waals surface area contributed by atoms with Gasteiger partial charge in [0, 0.05) is 24.0 Å². The normalized spacial score (nSPS) is 25.4. The number of carbonyl (C=O) groups excluding carboxylic acids is 1. The van der Waals surface area contributed by atoms with E-state index in [1.165, 1.54) is 11.3 Å². The van der Waals surface area contributed by atoms with E-state index in [2.05, 4.69) is 6.92 Å². The van der Waals surface area contributed by atoms with Gasteiger partial charge in [-0.3, -0.25) is 4.79 Å². The summed E-state index contributed by atoms with van der Waals surface area (Å²) in [5, 5.41) is 0. The maximum absolute atomic E-state index is 12.6. The van der Waals surface area contributed by atoms with Gasteiger partial charge in [0.1, 0.15) is 0 Å². The minimum Gasteiger partial charge on any atom is -0.338 e. The Bertz CT molecular complexity index is 448. The van der Waals surface area contributed by atoms with E-state index < -0.39 is 0 Å². The Morgan fingerprint density at radius 2 is 2.37 bits per heavy atom. The smallest absolute Gasteiger partial charge is 0.230 e. The van der Waals surface area contributed by atoms with Gasteiger partial charge in [-0.05, 0) is 37.8 Å². The van der Waals surface area contributed by atoms with Crippen LogP contribution in [0.25, 0.3) is 0 Å². The van der Waals surface area contributed by atoms with E-state index in [-0.39, 0.29) is 17.9 Å². The van der Waals surface area contributed by atoms with E-state index in [1.807, 2.05) is 24.0 Å². The van der Waals surface area contributed by atoms with Gasteiger partial charge in [0.25, 0.3) is 0 Å². The molecule has 106 valence electrons. The minimum absolute atomic E-state index is 0.125. The average molecular weight is 301 g/mol. The fourth-order valence-electron chi connectivity index (χ4n) is 2.70. The molecule has 1 aliphatic rings. The number of nitrogens with zero attached hydrogens (tertiary/aromatic N) is 1. The van der Waals surface area contributed by atoms with Gasteiger partial charge >= 0.3 is 0 Å². The SMILES string of the molecule is CC1CCN(C(=O)C(C)c2ccc(Cl)s2)C(CN)C1. The van der Waals surface area contributed by atoms with Crippen LogP contribution in [0, 0.1) is 5.92 Å². The van der Waals surface area contributed by atoms with Crippen molar-refractivity contribution in [3.63, 3.8) is 0 Å². The second-order valence-electron chi connectivity index (χ2n) is 5.41. The summed E-state index contributed by atoms with van der Waals surface area (Å²) in [7, 11) is 0. The Morgan fingerprint density at radius 1 is 1.63 bits per heavy atom. The third-order valence-electron chi connectivity index (χ3n) is 3.92. The zero-order valence-corrected chi connectivity index (χ0v) is 13.0. The zero-order valence-electron chi connectivity index (χ0n) is 11.4. The number of carbonyl (C=O) groups is 1. The minimum atomic E-state index is -0.125. The molecule has 1 amide bonds. The van der Waals surface area contributed by atoms with Crippen LogP contribution < -0.4 is 5.73 Å². The molecule has 0 aromatic carbocycles. The van der Waals surface area contributed by atoms with Gasteiger partial charge in [-0.25, -0.2) is 0 Å².